The number of esters is 2. The summed E-state index contributed by atoms with van der Waals surface area (Å²) in [4.78, 5) is 22.8. The zero-order valence-corrected chi connectivity index (χ0v) is 14.2. The summed E-state index contributed by atoms with van der Waals surface area (Å²) in [6.45, 7) is 9.45. The topological polar surface area (TPSA) is 52.6 Å². The molecule has 0 rings (SSSR count). The van der Waals surface area contributed by atoms with E-state index in [0.29, 0.717) is 37.9 Å². The highest BCUT2D eigenvalue weighted by molar-refractivity contribution is 5.69. The van der Waals surface area contributed by atoms with Crippen molar-refractivity contribution in [1.29, 1.82) is 0 Å². The van der Waals surface area contributed by atoms with Crippen molar-refractivity contribution in [3.63, 3.8) is 0 Å². The highest BCUT2D eigenvalue weighted by Gasteiger charge is 2.06. The van der Waals surface area contributed by atoms with Crippen LogP contribution >= 0.6 is 0 Å². The Morgan fingerprint density at radius 1 is 0.714 bits per heavy atom. The van der Waals surface area contributed by atoms with Gasteiger partial charge in [-0.25, -0.2) is 0 Å². The third-order valence-electron chi connectivity index (χ3n) is 3.18. The number of hydrogen-bond donors (Lipinski definition) is 0. The Morgan fingerprint density at radius 2 is 1.10 bits per heavy atom. The molecular weight excluding hydrogens is 268 g/mol. The molecule has 4 heteroatoms. The standard InChI is InChI=1S/C17H32O4/c1-14(2)10-12-20-16(18)8-6-5-7-9-17(19)21-13-11-15(3)4/h14-15H,5-13H2,1-4H3. The van der Waals surface area contributed by atoms with Crippen LogP contribution in [0, 0.1) is 11.8 Å². The Hall–Kier alpha value is -1.06. The average molecular weight is 300 g/mol. The minimum absolute atomic E-state index is 0.129. The first-order valence-electron chi connectivity index (χ1n) is 8.23. The maximum absolute atomic E-state index is 11.4. The van der Waals surface area contributed by atoms with Gasteiger partial charge in [-0.15, -0.1) is 0 Å². The fourth-order valence-corrected chi connectivity index (χ4v) is 1.68. The van der Waals surface area contributed by atoms with Crippen LogP contribution in [0.2, 0.25) is 0 Å². The second-order valence-electron chi connectivity index (χ2n) is 6.37. The molecule has 124 valence electrons. The Bertz CT molecular complexity index is 257. The van der Waals surface area contributed by atoms with Crippen molar-refractivity contribution in [3.05, 3.63) is 0 Å². The molecule has 0 aromatic rings. The molecule has 21 heavy (non-hydrogen) atoms. The molecule has 4 nitrogen and oxygen atoms in total. The van der Waals surface area contributed by atoms with Gasteiger partial charge in [0.05, 0.1) is 13.2 Å². The van der Waals surface area contributed by atoms with Crippen LogP contribution in [0.3, 0.4) is 0 Å². The lowest BCUT2D eigenvalue weighted by molar-refractivity contribution is -0.144. The van der Waals surface area contributed by atoms with E-state index >= 15 is 0 Å². The van der Waals surface area contributed by atoms with Crippen LogP contribution in [-0.4, -0.2) is 25.2 Å². The number of rotatable bonds is 12. The summed E-state index contributed by atoms with van der Waals surface area (Å²) in [5.41, 5.74) is 0. The smallest absolute Gasteiger partial charge is 0.305 e. The van der Waals surface area contributed by atoms with Crippen LogP contribution in [-0.2, 0) is 19.1 Å². The summed E-state index contributed by atoms with van der Waals surface area (Å²) in [6, 6.07) is 0. The van der Waals surface area contributed by atoms with E-state index < -0.39 is 0 Å². The number of carbonyl (C=O) groups is 2. The summed E-state index contributed by atoms with van der Waals surface area (Å²) >= 11 is 0. The zero-order chi connectivity index (χ0) is 16.1. The predicted molar refractivity (Wildman–Crippen MR) is 83.9 cm³/mol. The third kappa shape index (κ3) is 15.2. The van der Waals surface area contributed by atoms with Gasteiger partial charge in [0.15, 0.2) is 0 Å². The van der Waals surface area contributed by atoms with E-state index in [9.17, 15) is 9.59 Å². The normalized spacial score (nSPS) is 11.0. The number of unbranched alkanes of at least 4 members (excludes halogenated alkanes) is 2. The van der Waals surface area contributed by atoms with E-state index in [1.54, 1.807) is 0 Å². The first-order valence-corrected chi connectivity index (χ1v) is 8.23. The van der Waals surface area contributed by atoms with Crippen LogP contribution in [0.1, 0.15) is 72.6 Å². The largest absolute Gasteiger partial charge is 0.466 e. The van der Waals surface area contributed by atoms with Crippen molar-refractivity contribution in [2.45, 2.75) is 72.6 Å². The molecule has 0 spiro atoms. The quantitative estimate of drug-likeness (QED) is 0.402. The first kappa shape index (κ1) is 19.9. The molecule has 0 fully saturated rings. The van der Waals surface area contributed by atoms with Crippen molar-refractivity contribution < 1.29 is 19.1 Å². The van der Waals surface area contributed by atoms with Gasteiger partial charge in [0.1, 0.15) is 0 Å². The van der Waals surface area contributed by atoms with Gasteiger partial charge in [-0.05, 0) is 37.5 Å². The lowest BCUT2D eigenvalue weighted by Gasteiger charge is -2.07. The van der Waals surface area contributed by atoms with Crippen molar-refractivity contribution in [1.82, 2.24) is 0 Å². The molecule has 0 aliphatic carbocycles. The monoisotopic (exact) mass is 300 g/mol. The second kappa shape index (κ2) is 12.7. The van der Waals surface area contributed by atoms with E-state index in [1.165, 1.54) is 0 Å². The molecule has 0 unspecified atom stereocenters. The maximum Gasteiger partial charge on any atom is 0.305 e. The first-order chi connectivity index (χ1) is 9.91. The molecule has 0 aromatic heterocycles. The molecule has 0 bridgehead atoms. The van der Waals surface area contributed by atoms with Crippen LogP contribution in [0.5, 0.6) is 0 Å². The van der Waals surface area contributed by atoms with Crippen LogP contribution < -0.4 is 0 Å². The summed E-state index contributed by atoms with van der Waals surface area (Å²) in [5.74, 6) is 0.851. The van der Waals surface area contributed by atoms with E-state index in [0.717, 1.165) is 32.1 Å². The maximum atomic E-state index is 11.4. The fourth-order valence-electron chi connectivity index (χ4n) is 1.68. The third-order valence-corrected chi connectivity index (χ3v) is 3.18. The second-order valence-corrected chi connectivity index (χ2v) is 6.37. The Kier molecular flexibility index (Phi) is 12.0. The highest BCUT2D eigenvalue weighted by atomic mass is 16.5. The highest BCUT2D eigenvalue weighted by Crippen LogP contribution is 2.07. The summed E-state index contributed by atoms with van der Waals surface area (Å²) in [5, 5.41) is 0. The lowest BCUT2D eigenvalue weighted by atomic mass is 10.1. The van der Waals surface area contributed by atoms with Gasteiger partial charge in [-0.1, -0.05) is 34.1 Å². The Labute approximate surface area is 129 Å². The van der Waals surface area contributed by atoms with E-state index in [2.05, 4.69) is 27.7 Å². The van der Waals surface area contributed by atoms with Crippen molar-refractivity contribution in [2.75, 3.05) is 13.2 Å². The molecule has 0 radical (unpaired) electrons. The van der Waals surface area contributed by atoms with Gasteiger partial charge in [0, 0.05) is 12.8 Å². The fraction of sp³-hybridized carbons (Fsp3) is 0.882. The van der Waals surface area contributed by atoms with E-state index in [4.69, 9.17) is 9.47 Å². The summed E-state index contributed by atoms with van der Waals surface area (Å²) in [7, 11) is 0. The lowest BCUT2D eigenvalue weighted by Crippen LogP contribution is -2.08. The van der Waals surface area contributed by atoms with Gasteiger partial charge in [-0.3, -0.25) is 9.59 Å². The molecule has 0 saturated heterocycles. The van der Waals surface area contributed by atoms with Crippen LogP contribution in [0.4, 0.5) is 0 Å². The Balaban J connectivity index is 3.38. The summed E-state index contributed by atoms with van der Waals surface area (Å²) < 4.78 is 10.3. The van der Waals surface area contributed by atoms with Crippen molar-refractivity contribution in [2.24, 2.45) is 11.8 Å². The van der Waals surface area contributed by atoms with Crippen molar-refractivity contribution >= 4 is 11.9 Å². The number of ether oxygens (including phenoxy) is 2. The van der Waals surface area contributed by atoms with Gasteiger partial charge in [-0.2, -0.15) is 0 Å². The van der Waals surface area contributed by atoms with Gasteiger partial charge >= 0.3 is 11.9 Å². The van der Waals surface area contributed by atoms with Crippen LogP contribution in [0.25, 0.3) is 0 Å². The molecule has 0 amide bonds. The molecule has 0 aliphatic rings. The Morgan fingerprint density at radius 3 is 1.43 bits per heavy atom. The molecular formula is C17H32O4. The van der Waals surface area contributed by atoms with Gasteiger partial charge < -0.3 is 9.47 Å². The number of carbonyl (C=O) groups excluding carboxylic acids is 2. The molecule has 0 aliphatic heterocycles. The average Bonchev–Trinajstić information content (AvgIpc) is 2.37. The SMILES string of the molecule is CC(C)CCOC(=O)CCCCCC(=O)OCCC(C)C. The molecule has 0 aromatic carbocycles. The van der Waals surface area contributed by atoms with Gasteiger partial charge in [0.2, 0.25) is 0 Å². The van der Waals surface area contributed by atoms with E-state index in [1.807, 2.05) is 0 Å². The molecule has 0 N–H and O–H groups in total. The molecule has 0 atom stereocenters. The molecule has 0 saturated carbocycles. The van der Waals surface area contributed by atoms with E-state index in [-0.39, 0.29) is 11.9 Å². The van der Waals surface area contributed by atoms with Crippen LogP contribution in [0.15, 0.2) is 0 Å². The summed E-state index contributed by atoms with van der Waals surface area (Å²) in [6.07, 6.45) is 5.13. The van der Waals surface area contributed by atoms with Crippen molar-refractivity contribution in [3.8, 4) is 0 Å². The minimum Gasteiger partial charge on any atom is -0.466 e. The predicted octanol–water partition coefficient (Wildman–Crippen LogP) is 4.12. The minimum atomic E-state index is -0.129. The number of hydrogen-bond acceptors (Lipinski definition) is 4. The molecule has 0 heterocycles. The zero-order valence-electron chi connectivity index (χ0n) is 14.2. The van der Waals surface area contributed by atoms with Gasteiger partial charge in [0.25, 0.3) is 0 Å².